The Morgan fingerprint density at radius 3 is 1.52 bits per heavy atom. The SMILES string of the molecule is CCC(C)c1ccc(OCc2c(COC)c(COC)c(O)c(COC)c2COC)cc1. The summed E-state index contributed by atoms with van der Waals surface area (Å²) in [7, 11) is 6.46. The quantitative estimate of drug-likeness (QED) is 0.477. The van der Waals surface area contributed by atoms with Gasteiger partial charge in [-0.3, -0.25) is 0 Å². The lowest BCUT2D eigenvalue weighted by Crippen LogP contribution is -2.14. The number of aromatic hydroxyl groups is 1. The fourth-order valence-corrected chi connectivity index (χ4v) is 3.71. The highest BCUT2D eigenvalue weighted by Gasteiger charge is 2.24. The maximum absolute atomic E-state index is 11.0. The van der Waals surface area contributed by atoms with Gasteiger partial charge in [0.25, 0.3) is 0 Å². The molecule has 2 aromatic carbocycles. The zero-order chi connectivity index (χ0) is 22.8. The Morgan fingerprint density at radius 2 is 1.10 bits per heavy atom. The normalized spacial score (nSPS) is 12.2. The van der Waals surface area contributed by atoms with E-state index in [1.165, 1.54) is 5.56 Å². The molecule has 0 fully saturated rings. The molecule has 1 atom stereocenters. The lowest BCUT2D eigenvalue weighted by molar-refractivity contribution is 0.153. The van der Waals surface area contributed by atoms with Gasteiger partial charge in [0.05, 0.1) is 26.4 Å². The number of ether oxygens (including phenoxy) is 5. The standard InChI is InChI=1S/C25H36O6/c1-7-17(2)18-8-10-19(11-9-18)31-16-22-20(12-27-3)23(14-29-5)25(26)24(15-30-6)21(22)13-28-4/h8-11,17,26H,7,12-16H2,1-6H3. The van der Waals surface area contributed by atoms with Crippen molar-refractivity contribution in [3.05, 3.63) is 57.6 Å². The van der Waals surface area contributed by atoms with Crippen molar-refractivity contribution in [3.8, 4) is 11.5 Å². The first-order valence-corrected chi connectivity index (χ1v) is 10.6. The summed E-state index contributed by atoms with van der Waals surface area (Å²) in [5.41, 5.74) is 5.29. The van der Waals surface area contributed by atoms with Crippen LogP contribution in [0.3, 0.4) is 0 Å². The van der Waals surface area contributed by atoms with E-state index in [0.717, 1.165) is 28.9 Å². The van der Waals surface area contributed by atoms with Gasteiger partial charge in [0.1, 0.15) is 18.1 Å². The van der Waals surface area contributed by atoms with Gasteiger partial charge in [0.2, 0.25) is 0 Å². The van der Waals surface area contributed by atoms with E-state index >= 15 is 0 Å². The van der Waals surface area contributed by atoms with Gasteiger partial charge in [-0.2, -0.15) is 0 Å². The molecule has 0 aliphatic heterocycles. The highest BCUT2D eigenvalue weighted by atomic mass is 16.5. The molecule has 0 saturated carbocycles. The Bertz CT molecular complexity index is 779. The van der Waals surface area contributed by atoms with E-state index in [0.29, 0.717) is 36.9 Å². The molecule has 0 saturated heterocycles. The average molecular weight is 433 g/mol. The van der Waals surface area contributed by atoms with Crippen molar-refractivity contribution in [2.45, 2.75) is 59.2 Å². The molecule has 0 aliphatic rings. The molecule has 0 aromatic heterocycles. The van der Waals surface area contributed by atoms with Crippen LogP contribution >= 0.6 is 0 Å². The smallest absolute Gasteiger partial charge is 0.127 e. The number of hydrogen-bond acceptors (Lipinski definition) is 6. The van der Waals surface area contributed by atoms with Gasteiger partial charge in [-0.1, -0.05) is 26.0 Å². The molecular weight excluding hydrogens is 396 g/mol. The Morgan fingerprint density at radius 1 is 0.677 bits per heavy atom. The molecule has 2 aromatic rings. The van der Waals surface area contributed by atoms with E-state index in [1.54, 1.807) is 28.4 Å². The summed E-state index contributed by atoms with van der Waals surface area (Å²) in [6, 6.07) is 8.22. The van der Waals surface area contributed by atoms with E-state index in [1.807, 2.05) is 12.1 Å². The van der Waals surface area contributed by atoms with Crippen LogP contribution in [0.15, 0.2) is 24.3 Å². The lowest BCUT2D eigenvalue weighted by Gasteiger charge is -2.24. The largest absolute Gasteiger partial charge is 0.507 e. The third-order valence-corrected chi connectivity index (χ3v) is 5.63. The average Bonchev–Trinajstić information content (AvgIpc) is 2.78. The van der Waals surface area contributed by atoms with Gasteiger partial charge < -0.3 is 28.8 Å². The van der Waals surface area contributed by atoms with Crippen LogP contribution in [-0.4, -0.2) is 33.5 Å². The van der Waals surface area contributed by atoms with Crippen LogP contribution in [-0.2, 0) is 52.0 Å². The topological polar surface area (TPSA) is 66.4 Å². The highest BCUT2D eigenvalue weighted by molar-refractivity contribution is 5.55. The van der Waals surface area contributed by atoms with Crippen LogP contribution < -0.4 is 4.74 Å². The molecular formula is C25H36O6. The maximum Gasteiger partial charge on any atom is 0.127 e. The zero-order valence-electron chi connectivity index (χ0n) is 19.6. The molecule has 0 bridgehead atoms. The van der Waals surface area contributed by atoms with Crippen LogP contribution in [0.1, 0.15) is 59.6 Å². The summed E-state index contributed by atoms with van der Waals surface area (Å²) in [5, 5.41) is 11.0. The molecule has 0 heterocycles. The molecule has 6 heteroatoms. The minimum Gasteiger partial charge on any atom is -0.507 e. The Labute approximate surface area is 186 Å². The van der Waals surface area contributed by atoms with Crippen LogP contribution in [0.25, 0.3) is 0 Å². The summed E-state index contributed by atoms with van der Waals surface area (Å²) in [5.74, 6) is 1.46. The molecule has 0 amide bonds. The van der Waals surface area contributed by atoms with Gasteiger partial charge in [0, 0.05) is 45.1 Å². The van der Waals surface area contributed by atoms with Gasteiger partial charge in [-0.25, -0.2) is 0 Å². The van der Waals surface area contributed by atoms with Crippen LogP contribution in [0, 0.1) is 0 Å². The fraction of sp³-hybridized carbons (Fsp3) is 0.520. The summed E-state index contributed by atoms with van der Waals surface area (Å²) in [6.45, 7) is 5.87. The first-order valence-electron chi connectivity index (χ1n) is 10.6. The highest BCUT2D eigenvalue weighted by Crippen LogP contribution is 2.36. The first kappa shape index (κ1) is 25.1. The van der Waals surface area contributed by atoms with E-state index in [9.17, 15) is 5.11 Å². The van der Waals surface area contributed by atoms with Crippen molar-refractivity contribution in [2.75, 3.05) is 28.4 Å². The lowest BCUT2D eigenvalue weighted by atomic mass is 9.91. The summed E-state index contributed by atoms with van der Waals surface area (Å²) in [6.07, 6.45) is 1.10. The Balaban J connectivity index is 2.48. The Kier molecular flexibility index (Phi) is 10.3. The van der Waals surface area contributed by atoms with E-state index in [4.69, 9.17) is 23.7 Å². The second-order valence-corrected chi connectivity index (χ2v) is 7.64. The number of rotatable bonds is 13. The summed E-state index contributed by atoms with van der Waals surface area (Å²) < 4.78 is 27.8. The zero-order valence-corrected chi connectivity index (χ0v) is 19.6. The van der Waals surface area contributed by atoms with Crippen molar-refractivity contribution in [1.29, 1.82) is 0 Å². The minimum absolute atomic E-state index is 0.157. The predicted octanol–water partition coefficient (Wildman–Crippen LogP) is 5.07. The first-order chi connectivity index (χ1) is 15.0. The third kappa shape index (κ3) is 6.20. The number of benzene rings is 2. The number of phenols is 1. The van der Waals surface area contributed by atoms with Crippen molar-refractivity contribution >= 4 is 0 Å². The molecule has 2 rings (SSSR count). The van der Waals surface area contributed by atoms with Crippen LogP contribution in [0.5, 0.6) is 11.5 Å². The Hall–Kier alpha value is -2.12. The van der Waals surface area contributed by atoms with E-state index in [2.05, 4.69) is 26.0 Å². The van der Waals surface area contributed by atoms with Crippen molar-refractivity contribution < 1.29 is 28.8 Å². The van der Waals surface area contributed by atoms with E-state index < -0.39 is 0 Å². The third-order valence-electron chi connectivity index (χ3n) is 5.63. The van der Waals surface area contributed by atoms with Gasteiger partial charge >= 0.3 is 0 Å². The van der Waals surface area contributed by atoms with Crippen molar-refractivity contribution in [2.24, 2.45) is 0 Å². The molecule has 6 nitrogen and oxygen atoms in total. The molecule has 0 aliphatic carbocycles. The summed E-state index contributed by atoms with van der Waals surface area (Å²) >= 11 is 0. The van der Waals surface area contributed by atoms with Gasteiger partial charge in [-0.15, -0.1) is 0 Å². The second-order valence-electron chi connectivity index (χ2n) is 7.64. The fourth-order valence-electron chi connectivity index (χ4n) is 3.71. The van der Waals surface area contributed by atoms with Crippen molar-refractivity contribution in [3.63, 3.8) is 0 Å². The predicted molar refractivity (Wildman–Crippen MR) is 120 cm³/mol. The minimum atomic E-state index is 0.157. The van der Waals surface area contributed by atoms with Crippen LogP contribution in [0.4, 0.5) is 0 Å². The summed E-state index contributed by atoms with van der Waals surface area (Å²) in [4.78, 5) is 0. The van der Waals surface area contributed by atoms with Crippen molar-refractivity contribution in [1.82, 2.24) is 0 Å². The number of hydrogen-bond donors (Lipinski definition) is 1. The van der Waals surface area contributed by atoms with Gasteiger partial charge in [-0.05, 0) is 41.2 Å². The molecule has 172 valence electrons. The van der Waals surface area contributed by atoms with Crippen LogP contribution in [0.2, 0.25) is 0 Å². The molecule has 1 unspecified atom stereocenters. The van der Waals surface area contributed by atoms with Gasteiger partial charge in [0.15, 0.2) is 0 Å². The monoisotopic (exact) mass is 432 g/mol. The second kappa shape index (κ2) is 12.7. The molecule has 0 spiro atoms. The molecule has 31 heavy (non-hydrogen) atoms. The number of phenolic OH excluding ortho intramolecular Hbond substituents is 1. The number of methoxy groups -OCH3 is 4. The van der Waals surface area contributed by atoms with E-state index in [-0.39, 0.29) is 19.0 Å². The molecule has 1 N–H and O–H groups in total. The molecule has 0 radical (unpaired) electrons. The maximum atomic E-state index is 11.0.